The number of fused-ring (bicyclic) bond motifs is 1. The molecule has 0 bridgehead atoms. The number of nitrogens with one attached hydrogen (secondary N) is 1. The number of rotatable bonds is 5. The molecule has 5 heteroatoms. The molecule has 21 heavy (non-hydrogen) atoms. The molecule has 0 unspecified atom stereocenters. The van der Waals surface area contributed by atoms with Crippen LogP contribution in [0.15, 0.2) is 18.2 Å². The van der Waals surface area contributed by atoms with Crippen LogP contribution >= 0.6 is 0 Å². The Morgan fingerprint density at radius 2 is 1.90 bits per heavy atom. The number of carbonyl (C=O) groups excluding carboxylic acids is 1. The van der Waals surface area contributed by atoms with E-state index in [0.717, 1.165) is 49.5 Å². The molecule has 2 aliphatic heterocycles. The van der Waals surface area contributed by atoms with Gasteiger partial charge in [0.2, 0.25) is 5.91 Å². The van der Waals surface area contributed by atoms with E-state index < -0.39 is 0 Å². The maximum atomic E-state index is 11.9. The second-order valence-electron chi connectivity index (χ2n) is 5.49. The van der Waals surface area contributed by atoms with Crippen LogP contribution in [0.3, 0.4) is 0 Å². The summed E-state index contributed by atoms with van der Waals surface area (Å²) in [5.74, 6) is 1.89. The van der Waals surface area contributed by atoms with Gasteiger partial charge in [-0.3, -0.25) is 4.79 Å². The van der Waals surface area contributed by atoms with E-state index in [1.54, 1.807) is 0 Å². The number of nitrogens with zero attached hydrogens (tertiary/aromatic N) is 1. The van der Waals surface area contributed by atoms with E-state index in [1.165, 1.54) is 0 Å². The SMILES string of the molecule is O=C(CCNCc1ccc2c(c1)OCCO2)N1CCCC1. The van der Waals surface area contributed by atoms with Crippen LogP contribution in [-0.4, -0.2) is 43.7 Å². The van der Waals surface area contributed by atoms with Gasteiger partial charge in [0.05, 0.1) is 0 Å². The first-order valence-corrected chi connectivity index (χ1v) is 7.70. The molecule has 0 atom stereocenters. The van der Waals surface area contributed by atoms with Crippen molar-refractivity contribution in [2.45, 2.75) is 25.8 Å². The number of benzene rings is 1. The third-order valence-electron chi connectivity index (χ3n) is 3.91. The molecule has 5 nitrogen and oxygen atoms in total. The van der Waals surface area contributed by atoms with Crippen molar-refractivity contribution in [1.29, 1.82) is 0 Å². The lowest BCUT2D eigenvalue weighted by Crippen LogP contribution is -2.30. The van der Waals surface area contributed by atoms with Gasteiger partial charge in [0, 0.05) is 32.6 Å². The third-order valence-corrected chi connectivity index (χ3v) is 3.91. The highest BCUT2D eigenvalue weighted by Crippen LogP contribution is 2.30. The Morgan fingerprint density at radius 3 is 2.71 bits per heavy atom. The molecule has 1 fully saturated rings. The van der Waals surface area contributed by atoms with Crippen molar-refractivity contribution in [3.8, 4) is 11.5 Å². The van der Waals surface area contributed by atoms with Crippen molar-refractivity contribution < 1.29 is 14.3 Å². The lowest BCUT2D eigenvalue weighted by molar-refractivity contribution is -0.130. The molecule has 1 aromatic rings. The largest absolute Gasteiger partial charge is 0.486 e. The summed E-state index contributed by atoms with van der Waals surface area (Å²) in [6, 6.07) is 5.98. The lowest BCUT2D eigenvalue weighted by atomic mass is 10.2. The van der Waals surface area contributed by atoms with E-state index >= 15 is 0 Å². The van der Waals surface area contributed by atoms with Crippen molar-refractivity contribution in [2.75, 3.05) is 32.8 Å². The van der Waals surface area contributed by atoms with Gasteiger partial charge in [-0.25, -0.2) is 0 Å². The fourth-order valence-corrected chi connectivity index (χ4v) is 2.75. The third kappa shape index (κ3) is 3.67. The standard InChI is InChI=1S/C16H22N2O3/c19-16(18-7-1-2-8-18)5-6-17-12-13-3-4-14-15(11-13)21-10-9-20-14/h3-4,11,17H,1-2,5-10,12H2. The second kappa shape index (κ2) is 6.80. The van der Waals surface area contributed by atoms with Gasteiger partial charge in [0.15, 0.2) is 11.5 Å². The van der Waals surface area contributed by atoms with Crippen LogP contribution in [0.1, 0.15) is 24.8 Å². The fraction of sp³-hybridized carbons (Fsp3) is 0.562. The van der Waals surface area contributed by atoms with Crippen molar-refractivity contribution in [2.24, 2.45) is 0 Å². The summed E-state index contributed by atoms with van der Waals surface area (Å²) in [6.45, 7) is 4.53. The Hall–Kier alpha value is -1.75. The summed E-state index contributed by atoms with van der Waals surface area (Å²) in [5.41, 5.74) is 1.15. The van der Waals surface area contributed by atoms with Crippen LogP contribution in [0.2, 0.25) is 0 Å². The molecular formula is C16H22N2O3. The molecule has 114 valence electrons. The Balaban J connectivity index is 1.42. The van der Waals surface area contributed by atoms with Gasteiger partial charge in [0.1, 0.15) is 13.2 Å². The molecule has 1 N–H and O–H groups in total. The van der Waals surface area contributed by atoms with Crippen LogP contribution < -0.4 is 14.8 Å². The molecule has 1 amide bonds. The Labute approximate surface area is 125 Å². The van der Waals surface area contributed by atoms with Crippen LogP contribution in [0.25, 0.3) is 0 Å². The van der Waals surface area contributed by atoms with Gasteiger partial charge in [0.25, 0.3) is 0 Å². The zero-order valence-electron chi connectivity index (χ0n) is 12.3. The zero-order chi connectivity index (χ0) is 14.5. The monoisotopic (exact) mass is 290 g/mol. The first-order valence-electron chi connectivity index (χ1n) is 7.70. The number of amides is 1. The molecule has 0 aliphatic carbocycles. The molecule has 3 rings (SSSR count). The second-order valence-corrected chi connectivity index (χ2v) is 5.49. The van der Waals surface area contributed by atoms with Gasteiger partial charge in [-0.2, -0.15) is 0 Å². The van der Waals surface area contributed by atoms with Crippen molar-refractivity contribution >= 4 is 5.91 Å². The summed E-state index contributed by atoms with van der Waals surface area (Å²) in [5, 5.41) is 3.32. The molecule has 2 heterocycles. The number of carbonyl (C=O) groups is 1. The highest BCUT2D eigenvalue weighted by atomic mass is 16.6. The average molecular weight is 290 g/mol. The maximum absolute atomic E-state index is 11.9. The predicted octanol–water partition coefficient (Wildman–Crippen LogP) is 1.56. The number of ether oxygens (including phenoxy) is 2. The van der Waals surface area contributed by atoms with Crippen LogP contribution in [-0.2, 0) is 11.3 Å². The van der Waals surface area contributed by atoms with E-state index in [2.05, 4.69) is 5.32 Å². The lowest BCUT2D eigenvalue weighted by Gasteiger charge is -2.19. The Morgan fingerprint density at radius 1 is 1.14 bits per heavy atom. The highest BCUT2D eigenvalue weighted by Gasteiger charge is 2.17. The Kier molecular flexibility index (Phi) is 4.60. The minimum atomic E-state index is 0.266. The normalized spacial score (nSPS) is 17.0. The smallest absolute Gasteiger partial charge is 0.223 e. The molecule has 0 aromatic heterocycles. The molecular weight excluding hydrogens is 268 g/mol. The summed E-state index contributed by atoms with van der Waals surface area (Å²) < 4.78 is 11.1. The van der Waals surface area contributed by atoms with Gasteiger partial charge in [-0.05, 0) is 30.5 Å². The topological polar surface area (TPSA) is 50.8 Å². The van der Waals surface area contributed by atoms with E-state index in [-0.39, 0.29) is 5.91 Å². The number of likely N-dealkylation sites (tertiary alicyclic amines) is 1. The predicted molar refractivity (Wildman–Crippen MR) is 79.6 cm³/mol. The molecule has 1 aromatic carbocycles. The first kappa shape index (κ1) is 14.2. The number of hydrogen-bond donors (Lipinski definition) is 1. The molecule has 1 saturated heterocycles. The van der Waals surface area contributed by atoms with Crippen LogP contribution in [0.4, 0.5) is 0 Å². The van der Waals surface area contributed by atoms with Gasteiger partial charge in [-0.1, -0.05) is 6.07 Å². The Bertz CT molecular complexity index is 498. The van der Waals surface area contributed by atoms with E-state index in [0.29, 0.717) is 26.2 Å². The quantitative estimate of drug-likeness (QED) is 0.836. The summed E-state index contributed by atoms with van der Waals surface area (Å²) in [4.78, 5) is 13.9. The van der Waals surface area contributed by atoms with Crippen LogP contribution in [0.5, 0.6) is 11.5 Å². The molecule has 0 spiro atoms. The zero-order valence-corrected chi connectivity index (χ0v) is 12.3. The van der Waals surface area contributed by atoms with E-state index in [1.807, 2.05) is 23.1 Å². The van der Waals surface area contributed by atoms with Gasteiger partial charge in [-0.15, -0.1) is 0 Å². The first-order chi connectivity index (χ1) is 10.3. The summed E-state index contributed by atoms with van der Waals surface area (Å²) in [6.07, 6.45) is 2.87. The van der Waals surface area contributed by atoms with Gasteiger partial charge < -0.3 is 19.7 Å². The molecule has 0 saturated carbocycles. The molecule has 0 radical (unpaired) electrons. The minimum Gasteiger partial charge on any atom is -0.486 e. The van der Waals surface area contributed by atoms with E-state index in [9.17, 15) is 4.79 Å². The number of hydrogen-bond acceptors (Lipinski definition) is 4. The summed E-state index contributed by atoms with van der Waals surface area (Å²) in [7, 11) is 0. The molecule has 2 aliphatic rings. The maximum Gasteiger partial charge on any atom is 0.223 e. The summed E-state index contributed by atoms with van der Waals surface area (Å²) >= 11 is 0. The minimum absolute atomic E-state index is 0.266. The van der Waals surface area contributed by atoms with Gasteiger partial charge >= 0.3 is 0 Å². The highest BCUT2D eigenvalue weighted by molar-refractivity contribution is 5.76. The van der Waals surface area contributed by atoms with Crippen molar-refractivity contribution in [1.82, 2.24) is 10.2 Å². The van der Waals surface area contributed by atoms with Crippen molar-refractivity contribution in [3.63, 3.8) is 0 Å². The van der Waals surface area contributed by atoms with E-state index in [4.69, 9.17) is 9.47 Å². The fourth-order valence-electron chi connectivity index (χ4n) is 2.75. The van der Waals surface area contributed by atoms with Crippen molar-refractivity contribution in [3.05, 3.63) is 23.8 Å². The van der Waals surface area contributed by atoms with Crippen LogP contribution in [0, 0.1) is 0 Å². The average Bonchev–Trinajstić information content (AvgIpc) is 3.06.